The fourth-order valence-corrected chi connectivity index (χ4v) is 4.29. The van der Waals surface area contributed by atoms with Gasteiger partial charge in [0.2, 0.25) is 5.91 Å². The van der Waals surface area contributed by atoms with Crippen molar-refractivity contribution in [2.75, 3.05) is 13.1 Å². The van der Waals surface area contributed by atoms with Gasteiger partial charge in [0.25, 0.3) is 0 Å². The number of likely N-dealkylation sites (tertiary alicyclic amines) is 1. The van der Waals surface area contributed by atoms with Crippen LogP contribution in [0.2, 0.25) is 0 Å². The zero-order valence-corrected chi connectivity index (χ0v) is 17.6. The summed E-state index contributed by atoms with van der Waals surface area (Å²) < 4.78 is 11.1. The van der Waals surface area contributed by atoms with E-state index in [1.165, 1.54) is 18.4 Å². The van der Waals surface area contributed by atoms with Crippen LogP contribution < -0.4 is 5.32 Å². The largest absolute Gasteiger partial charge is 0.465 e. The van der Waals surface area contributed by atoms with E-state index in [-0.39, 0.29) is 5.91 Å². The Hall–Kier alpha value is -2.79. The molecule has 30 heavy (non-hydrogen) atoms. The molecule has 5 nitrogen and oxygen atoms in total. The smallest absolute Gasteiger partial charge is 0.220 e. The zero-order valence-electron chi connectivity index (χ0n) is 17.6. The van der Waals surface area contributed by atoms with Crippen LogP contribution in [0.25, 0.3) is 11.3 Å². The molecule has 3 aromatic rings. The highest BCUT2D eigenvalue weighted by molar-refractivity contribution is 5.75. The van der Waals surface area contributed by atoms with Gasteiger partial charge in [-0.25, -0.2) is 0 Å². The highest BCUT2D eigenvalue weighted by atomic mass is 16.3. The third-order valence-corrected chi connectivity index (χ3v) is 5.84. The zero-order chi connectivity index (χ0) is 20.8. The summed E-state index contributed by atoms with van der Waals surface area (Å²) in [6.45, 7) is 5.43. The van der Waals surface area contributed by atoms with Gasteiger partial charge < -0.3 is 14.2 Å². The first-order valence-electron chi connectivity index (χ1n) is 10.8. The minimum Gasteiger partial charge on any atom is -0.465 e. The Labute approximate surface area is 178 Å². The molecule has 0 radical (unpaired) electrons. The Bertz CT molecular complexity index is 945. The van der Waals surface area contributed by atoms with Crippen molar-refractivity contribution >= 4 is 5.91 Å². The molecule has 1 fully saturated rings. The Balaban J connectivity index is 1.26. The summed E-state index contributed by atoms with van der Waals surface area (Å²) in [5.41, 5.74) is 2.46. The summed E-state index contributed by atoms with van der Waals surface area (Å²) in [5, 5.41) is 2.97. The molecule has 1 saturated heterocycles. The molecular formula is C25H30N2O3. The van der Waals surface area contributed by atoms with E-state index in [0.29, 0.717) is 18.9 Å². The average Bonchev–Trinajstić information content (AvgIpc) is 3.43. The fraction of sp³-hybridized carbons (Fsp3) is 0.400. The number of hydrogen-bond acceptors (Lipinski definition) is 4. The van der Waals surface area contributed by atoms with Crippen molar-refractivity contribution < 1.29 is 13.6 Å². The highest BCUT2D eigenvalue weighted by Crippen LogP contribution is 2.28. The minimum absolute atomic E-state index is 0.101. The lowest BCUT2D eigenvalue weighted by molar-refractivity contribution is -0.121. The maximum absolute atomic E-state index is 12.2. The number of amides is 1. The predicted molar refractivity (Wildman–Crippen MR) is 117 cm³/mol. The molecule has 1 aliphatic heterocycles. The van der Waals surface area contributed by atoms with Gasteiger partial charge in [-0.15, -0.1) is 0 Å². The number of nitrogens with one attached hydrogen (secondary N) is 1. The van der Waals surface area contributed by atoms with Crippen molar-refractivity contribution in [3.05, 3.63) is 71.9 Å². The van der Waals surface area contributed by atoms with Crippen molar-refractivity contribution in [3.63, 3.8) is 0 Å². The van der Waals surface area contributed by atoms with Crippen LogP contribution in [0, 0.1) is 12.8 Å². The van der Waals surface area contributed by atoms with E-state index in [1.807, 2.05) is 31.2 Å². The predicted octanol–water partition coefficient (Wildman–Crippen LogP) is 5.16. The van der Waals surface area contributed by atoms with Crippen molar-refractivity contribution in [2.45, 2.75) is 45.7 Å². The summed E-state index contributed by atoms with van der Waals surface area (Å²) in [6.07, 6.45) is 5.60. The van der Waals surface area contributed by atoms with E-state index in [9.17, 15) is 4.79 Å². The maximum atomic E-state index is 12.2. The van der Waals surface area contributed by atoms with Crippen molar-refractivity contribution in [1.82, 2.24) is 10.2 Å². The monoisotopic (exact) mass is 406 g/mol. The number of nitrogens with zero attached hydrogens (tertiary/aromatic N) is 1. The average molecular weight is 407 g/mol. The number of furan rings is 2. The number of hydrogen-bond donors (Lipinski definition) is 1. The molecule has 2 aromatic heterocycles. The van der Waals surface area contributed by atoms with Crippen LogP contribution in [-0.2, 0) is 17.9 Å². The fourth-order valence-electron chi connectivity index (χ4n) is 4.29. The van der Waals surface area contributed by atoms with Crippen LogP contribution in [-0.4, -0.2) is 23.9 Å². The van der Waals surface area contributed by atoms with E-state index in [4.69, 9.17) is 8.83 Å². The van der Waals surface area contributed by atoms with Gasteiger partial charge in [-0.2, -0.15) is 0 Å². The van der Waals surface area contributed by atoms with Crippen LogP contribution in [0.3, 0.4) is 0 Å². The van der Waals surface area contributed by atoms with E-state index >= 15 is 0 Å². The first-order chi connectivity index (χ1) is 14.7. The van der Waals surface area contributed by atoms with Crippen LogP contribution in [0.5, 0.6) is 0 Å². The Kier molecular flexibility index (Phi) is 6.70. The van der Waals surface area contributed by atoms with Crippen molar-refractivity contribution in [2.24, 2.45) is 5.92 Å². The summed E-state index contributed by atoms with van der Waals surface area (Å²) in [4.78, 5) is 14.8. The van der Waals surface area contributed by atoms with Crippen molar-refractivity contribution in [3.8, 4) is 11.3 Å². The molecule has 4 rings (SSSR count). The van der Waals surface area contributed by atoms with Crippen LogP contribution in [0.1, 0.15) is 42.8 Å². The second kappa shape index (κ2) is 9.81. The second-order valence-electron chi connectivity index (χ2n) is 8.21. The first kappa shape index (κ1) is 20.5. The molecule has 5 heteroatoms. The lowest BCUT2D eigenvalue weighted by atomic mass is 9.92. The standard InChI is InChI=1S/C25H30N2O3/c1-19-10-12-22(30-19)16-26-25(28)13-11-20-6-4-14-27(17-20)18-21-7-2-3-8-23(21)24-9-5-15-29-24/h2-3,5,7-10,12,15,20H,4,6,11,13-14,16-18H2,1H3,(H,26,28). The second-order valence-corrected chi connectivity index (χ2v) is 8.21. The lowest BCUT2D eigenvalue weighted by Gasteiger charge is -2.33. The maximum Gasteiger partial charge on any atom is 0.220 e. The van der Waals surface area contributed by atoms with E-state index < -0.39 is 0 Å². The number of piperidine rings is 1. The van der Waals surface area contributed by atoms with Crippen LogP contribution in [0.15, 0.2) is 63.6 Å². The molecule has 1 N–H and O–H groups in total. The molecule has 0 aliphatic carbocycles. The molecule has 3 heterocycles. The van der Waals surface area contributed by atoms with Gasteiger partial charge in [0.1, 0.15) is 17.3 Å². The molecule has 158 valence electrons. The molecule has 1 aliphatic rings. The molecule has 1 unspecified atom stereocenters. The SMILES string of the molecule is Cc1ccc(CNC(=O)CCC2CCCN(Cc3ccccc3-c3ccco3)C2)o1. The Morgan fingerprint density at radius 1 is 1.17 bits per heavy atom. The third kappa shape index (κ3) is 5.42. The molecule has 0 saturated carbocycles. The van der Waals surface area contributed by atoms with E-state index in [2.05, 4.69) is 34.5 Å². The van der Waals surface area contributed by atoms with Gasteiger partial charge in [-0.3, -0.25) is 9.69 Å². The normalized spacial score (nSPS) is 17.2. The van der Waals surface area contributed by atoms with Gasteiger partial charge in [0.05, 0.1) is 12.8 Å². The van der Waals surface area contributed by atoms with Gasteiger partial charge in [0.15, 0.2) is 0 Å². The number of benzene rings is 1. The summed E-state index contributed by atoms with van der Waals surface area (Å²) >= 11 is 0. The van der Waals surface area contributed by atoms with Gasteiger partial charge in [0, 0.05) is 25.1 Å². The molecule has 0 bridgehead atoms. The minimum atomic E-state index is 0.101. The Morgan fingerprint density at radius 2 is 2.07 bits per heavy atom. The molecule has 1 amide bonds. The van der Waals surface area contributed by atoms with Gasteiger partial charge in [-0.1, -0.05) is 24.3 Å². The lowest BCUT2D eigenvalue weighted by Crippen LogP contribution is -2.35. The quantitative estimate of drug-likeness (QED) is 0.562. The number of carbonyl (C=O) groups is 1. The molecule has 0 spiro atoms. The number of rotatable bonds is 8. The summed E-state index contributed by atoms with van der Waals surface area (Å²) in [6, 6.07) is 16.2. The number of carbonyl (C=O) groups excluding carboxylic acids is 1. The first-order valence-corrected chi connectivity index (χ1v) is 10.8. The van der Waals surface area contributed by atoms with Crippen molar-refractivity contribution in [1.29, 1.82) is 0 Å². The van der Waals surface area contributed by atoms with Crippen LogP contribution in [0.4, 0.5) is 0 Å². The van der Waals surface area contributed by atoms with Gasteiger partial charge >= 0.3 is 0 Å². The summed E-state index contributed by atoms with van der Waals surface area (Å²) in [7, 11) is 0. The molecule has 1 aromatic carbocycles. The topological polar surface area (TPSA) is 58.6 Å². The third-order valence-electron chi connectivity index (χ3n) is 5.84. The summed E-state index contributed by atoms with van der Waals surface area (Å²) in [5.74, 6) is 3.26. The van der Waals surface area contributed by atoms with Gasteiger partial charge in [-0.05, 0) is 68.5 Å². The van der Waals surface area contributed by atoms with Crippen LogP contribution >= 0.6 is 0 Å². The van der Waals surface area contributed by atoms with E-state index in [1.54, 1.807) is 6.26 Å². The van der Waals surface area contributed by atoms with E-state index in [0.717, 1.165) is 48.9 Å². The number of aryl methyl sites for hydroxylation is 1. The molecule has 1 atom stereocenters. The molecular weight excluding hydrogens is 376 g/mol. The Morgan fingerprint density at radius 3 is 2.87 bits per heavy atom. The highest BCUT2D eigenvalue weighted by Gasteiger charge is 2.22.